The molecule has 3 nitrogen and oxygen atoms in total. The van der Waals surface area contributed by atoms with E-state index in [0.717, 1.165) is 11.4 Å². The molecular formula is C20H23N3S. The van der Waals surface area contributed by atoms with Crippen LogP contribution < -0.4 is 4.90 Å². The van der Waals surface area contributed by atoms with Crippen LogP contribution in [0.1, 0.15) is 30.5 Å². The average molecular weight is 337 g/mol. The Morgan fingerprint density at radius 2 is 1.96 bits per heavy atom. The summed E-state index contributed by atoms with van der Waals surface area (Å²) in [5.74, 6) is 0.897. The number of pyridine rings is 1. The minimum Gasteiger partial charge on any atom is -0.371 e. The second-order valence-electron chi connectivity index (χ2n) is 6.52. The SMILES string of the molecule is Cc1cnc(CSc2cc3ccccc3[nH]2)cc1N1CCCCC1. The second-order valence-corrected chi connectivity index (χ2v) is 7.54. The van der Waals surface area contributed by atoms with Crippen molar-refractivity contribution in [2.45, 2.75) is 37.0 Å². The number of nitrogens with one attached hydrogen (secondary N) is 1. The van der Waals surface area contributed by atoms with E-state index in [1.54, 1.807) is 0 Å². The Kier molecular flexibility index (Phi) is 4.48. The van der Waals surface area contributed by atoms with Gasteiger partial charge in [-0.25, -0.2) is 0 Å². The summed E-state index contributed by atoms with van der Waals surface area (Å²) in [5, 5.41) is 2.48. The van der Waals surface area contributed by atoms with Crippen molar-refractivity contribution in [3.8, 4) is 0 Å². The van der Waals surface area contributed by atoms with Crippen molar-refractivity contribution in [1.29, 1.82) is 0 Å². The van der Waals surface area contributed by atoms with Crippen molar-refractivity contribution < 1.29 is 0 Å². The van der Waals surface area contributed by atoms with E-state index in [1.807, 2.05) is 18.0 Å². The number of aromatic amines is 1. The molecule has 4 heteroatoms. The molecule has 1 aliphatic rings. The van der Waals surface area contributed by atoms with E-state index in [4.69, 9.17) is 0 Å². The van der Waals surface area contributed by atoms with Gasteiger partial charge in [0.25, 0.3) is 0 Å². The largest absolute Gasteiger partial charge is 0.371 e. The Hall–Kier alpha value is -1.94. The van der Waals surface area contributed by atoms with Crippen molar-refractivity contribution >= 4 is 28.4 Å². The molecule has 2 aromatic heterocycles. The summed E-state index contributed by atoms with van der Waals surface area (Å²) in [6.07, 6.45) is 6.01. The van der Waals surface area contributed by atoms with Gasteiger partial charge in [0.2, 0.25) is 0 Å². The van der Waals surface area contributed by atoms with E-state index in [-0.39, 0.29) is 0 Å². The van der Waals surface area contributed by atoms with E-state index in [0.29, 0.717) is 0 Å². The Bertz CT molecular complexity index is 801. The summed E-state index contributed by atoms with van der Waals surface area (Å²) in [7, 11) is 0. The highest BCUT2D eigenvalue weighted by atomic mass is 32.2. The number of anilines is 1. The third-order valence-electron chi connectivity index (χ3n) is 4.71. The van der Waals surface area contributed by atoms with Crippen LogP contribution in [0, 0.1) is 6.92 Å². The number of thioether (sulfide) groups is 1. The topological polar surface area (TPSA) is 31.9 Å². The fourth-order valence-electron chi connectivity index (χ4n) is 3.39. The third kappa shape index (κ3) is 3.29. The molecule has 4 rings (SSSR count). The Balaban J connectivity index is 1.49. The van der Waals surface area contributed by atoms with Gasteiger partial charge in [0, 0.05) is 41.6 Å². The van der Waals surface area contributed by atoms with Crippen molar-refractivity contribution in [1.82, 2.24) is 9.97 Å². The number of aromatic nitrogens is 2. The quantitative estimate of drug-likeness (QED) is 0.668. The molecule has 1 saturated heterocycles. The lowest BCUT2D eigenvalue weighted by molar-refractivity contribution is 0.576. The Morgan fingerprint density at radius 1 is 1.12 bits per heavy atom. The summed E-state index contributed by atoms with van der Waals surface area (Å²) >= 11 is 1.82. The average Bonchev–Trinajstić information content (AvgIpc) is 3.05. The van der Waals surface area contributed by atoms with Crippen LogP contribution in [0.25, 0.3) is 10.9 Å². The van der Waals surface area contributed by atoms with Crippen molar-refractivity contribution in [3.63, 3.8) is 0 Å². The summed E-state index contributed by atoms with van der Waals surface area (Å²) < 4.78 is 0. The monoisotopic (exact) mass is 337 g/mol. The molecule has 0 amide bonds. The molecule has 3 heterocycles. The van der Waals surface area contributed by atoms with Crippen LogP contribution >= 0.6 is 11.8 Å². The summed E-state index contributed by atoms with van der Waals surface area (Å²) in [4.78, 5) is 10.6. The number of hydrogen-bond donors (Lipinski definition) is 1. The molecule has 1 aliphatic heterocycles. The normalized spacial score (nSPS) is 15.1. The molecule has 0 aliphatic carbocycles. The zero-order chi connectivity index (χ0) is 16.4. The number of fused-ring (bicyclic) bond motifs is 1. The van der Waals surface area contributed by atoms with E-state index in [2.05, 4.69) is 58.2 Å². The fraction of sp³-hybridized carbons (Fsp3) is 0.350. The van der Waals surface area contributed by atoms with Crippen molar-refractivity contribution in [3.05, 3.63) is 53.9 Å². The molecule has 0 radical (unpaired) electrons. The highest BCUT2D eigenvalue weighted by molar-refractivity contribution is 7.98. The van der Waals surface area contributed by atoms with Crippen LogP contribution in [-0.2, 0) is 5.75 Å². The number of H-pyrrole nitrogens is 1. The number of rotatable bonds is 4. The lowest BCUT2D eigenvalue weighted by Crippen LogP contribution is -2.30. The van der Waals surface area contributed by atoms with E-state index >= 15 is 0 Å². The molecule has 1 N–H and O–H groups in total. The second kappa shape index (κ2) is 6.89. The molecule has 1 fully saturated rings. The first-order chi connectivity index (χ1) is 11.8. The van der Waals surface area contributed by atoms with Gasteiger partial charge in [0.05, 0.1) is 10.7 Å². The minimum absolute atomic E-state index is 0.897. The molecule has 0 spiro atoms. The smallest absolute Gasteiger partial charge is 0.0736 e. The van der Waals surface area contributed by atoms with Gasteiger partial charge in [-0.2, -0.15) is 0 Å². The van der Waals surface area contributed by atoms with Gasteiger partial charge in [-0.1, -0.05) is 18.2 Å². The zero-order valence-corrected chi connectivity index (χ0v) is 14.9. The predicted molar refractivity (Wildman–Crippen MR) is 103 cm³/mol. The van der Waals surface area contributed by atoms with Crippen LogP contribution in [0.2, 0.25) is 0 Å². The highest BCUT2D eigenvalue weighted by Gasteiger charge is 2.14. The number of para-hydroxylation sites is 1. The van der Waals surface area contributed by atoms with Crippen LogP contribution in [0.5, 0.6) is 0 Å². The summed E-state index contributed by atoms with van der Waals surface area (Å²) in [6.45, 7) is 4.53. The first-order valence-corrected chi connectivity index (χ1v) is 9.69. The maximum atomic E-state index is 4.64. The summed E-state index contributed by atoms with van der Waals surface area (Å²) in [5.41, 5.74) is 5.02. The zero-order valence-electron chi connectivity index (χ0n) is 14.1. The van der Waals surface area contributed by atoms with Gasteiger partial charge in [0.15, 0.2) is 0 Å². The van der Waals surface area contributed by atoms with Crippen LogP contribution in [-0.4, -0.2) is 23.1 Å². The van der Waals surface area contributed by atoms with Crippen LogP contribution in [0.15, 0.2) is 47.6 Å². The van der Waals surface area contributed by atoms with Gasteiger partial charge >= 0.3 is 0 Å². The molecule has 0 atom stereocenters. The van der Waals surface area contributed by atoms with E-state index < -0.39 is 0 Å². The number of nitrogens with zero attached hydrogens (tertiary/aromatic N) is 2. The van der Waals surface area contributed by atoms with Crippen molar-refractivity contribution in [2.75, 3.05) is 18.0 Å². The number of benzene rings is 1. The molecule has 24 heavy (non-hydrogen) atoms. The van der Waals surface area contributed by atoms with Gasteiger partial charge in [-0.3, -0.25) is 4.98 Å². The Labute approximate surface area is 147 Å². The first-order valence-electron chi connectivity index (χ1n) is 8.70. The van der Waals surface area contributed by atoms with Gasteiger partial charge in [0.1, 0.15) is 0 Å². The molecule has 0 saturated carbocycles. The van der Waals surface area contributed by atoms with Gasteiger partial charge in [-0.15, -0.1) is 11.8 Å². The molecule has 0 unspecified atom stereocenters. The van der Waals surface area contributed by atoms with Crippen molar-refractivity contribution in [2.24, 2.45) is 0 Å². The van der Waals surface area contributed by atoms with Crippen LogP contribution in [0.4, 0.5) is 5.69 Å². The minimum atomic E-state index is 0.897. The molecule has 124 valence electrons. The third-order valence-corrected chi connectivity index (χ3v) is 5.68. The van der Waals surface area contributed by atoms with Gasteiger partial charge in [-0.05, 0) is 49.9 Å². The predicted octanol–water partition coefficient (Wildman–Crippen LogP) is 5.15. The number of aryl methyl sites for hydroxylation is 1. The lowest BCUT2D eigenvalue weighted by atomic mass is 10.1. The van der Waals surface area contributed by atoms with E-state index in [9.17, 15) is 0 Å². The first kappa shape index (κ1) is 15.6. The van der Waals surface area contributed by atoms with Gasteiger partial charge < -0.3 is 9.88 Å². The summed E-state index contributed by atoms with van der Waals surface area (Å²) in [6, 6.07) is 12.9. The van der Waals surface area contributed by atoms with Crippen LogP contribution in [0.3, 0.4) is 0 Å². The molecule has 1 aromatic carbocycles. The Morgan fingerprint density at radius 3 is 2.79 bits per heavy atom. The standard InChI is InChI=1S/C20H23N3S/c1-15-13-21-17(12-19(15)23-9-5-2-6-10-23)14-24-20-11-16-7-3-4-8-18(16)22-20/h3-4,7-8,11-13,22H,2,5-6,9-10,14H2,1H3. The molecule has 0 bridgehead atoms. The molecular weight excluding hydrogens is 314 g/mol. The highest BCUT2D eigenvalue weighted by Crippen LogP contribution is 2.28. The lowest BCUT2D eigenvalue weighted by Gasteiger charge is -2.30. The number of hydrogen-bond acceptors (Lipinski definition) is 3. The maximum absolute atomic E-state index is 4.64. The number of piperidine rings is 1. The maximum Gasteiger partial charge on any atom is 0.0736 e. The molecule has 3 aromatic rings. The van der Waals surface area contributed by atoms with E-state index in [1.165, 1.54) is 59.5 Å². The fourth-order valence-corrected chi connectivity index (χ4v) is 4.24.